The van der Waals surface area contributed by atoms with E-state index in [4.69, 9.17) is 16.3 Å². The number of rotatable bonds is 2. The topological polar surface area (TPSA) is 29.5 Å². The number of aliphatic hydroxyl groups is 1. The van der Waals surface area contributed by atoms with Crippen molar-refractivity contribution in [3.05, 3.63) is 11.6 Å². The summed E-state index contributed by atoms with van der Waals surface area (Å²) in [5.74, 6) is 0. The first kappa shape index (κ1) is 18.3. The Hall–Kier alpha value is 0.910. The summed E-state index contributed by atoms with van der Waals surface area (Å²) in [6.45, 7) is 7.17. The van der Waals surface area contributed by atoms with E-state index in [0.717, 1.165) is 19.3 Å². The third kappa shape index (κ3) is 2.88. The molecule has 2 nitrogen and oxygen atoms in total. The Morgan fingerprint density at radius 2 is 1.95 bits per heavy atom. The maximum absolute atomic E-state index is 10.4. The third-order valence-corrected chi connectivity index (χ3v) is 9.47. The highest BCUT2D eigenvalue weighted by Crippen LogP contribution is 2.63. The van der Waals surface area contributed by atoms with Crippen LogP contribution in [0.5, 0.6) is 0 Å². The van der Waals surface area contributed by atoms with E-state index in [-0.39, 0.29) is 25.4 Å². The second-order valence-corrected chi connectivity index (χ2v) is 10.2. The molecule has 2 rings (SSSR count). The molecular formula is C16H25Br2ClO2. The number of aliphatic hydroxyl groups excluding tert-OH is 1. The van der Waals surface area contributed by atoms with E-state index in [1.807, 2.05) is 6.08 Å². The van der Waals surface area contributed by atoms with Crippen LogP contribution in [0.1, 0.15) is 40.0 Å². The van der Waals surface area contributed by atoms with Gasteiger partial charge in [0.1, 0.15) is 0 Å². The fraction of sp³-hybridized carbons (Fsp3) is 0.875. The van der Waals surface area contributed by atoms with Crippen molar-refractivity contribution in [1.29, 1.82) is 0 Å². The Morgan fingerprint density at radius 3 is 2.48 bits per heavy atom. The lowest BCUT2D eigenvalue weighted by Crippen LogP contribution is -2.57. The molecule has 0 radical (unpaired) electrons. The van der Waals surface area contributed by atoms with Gasteiger partial charge in [0.25, 0.3) is 0 Å². The van der Waals surface area contributed by atoms with Crippen LogP contribution in [0.15, 0.2) is 11.6 Å². The predicted molar refractivity (Wildman–Crippen MR) is 95.7 cm³/mol. The molecule has 2 aliphatic carbocycles. The molecular weight excluding hydrogens is 419 g/mol. The third-order valence-electron chi connectivity index (χ3n) is 5.73. The van der Waals surface area contributed by atoms with Gasteiger partial charge in [-0.1, -0.05) is 51.8 Å². The van der Waals surface area contributed by atoms with E-state index in [2.05, 4.69) is 52.6 Å². The number of halogens is 3. The van der Waals surface area contributed by atoms with Crippen molar-refractivity contribution in [2.24, 2.45) is 10.8 Å². The van der Waals surface area contributed by atoms with Crippen LogP contribution in [0.25, 0.3) is 0 Å². The van der Waals surface area contributed by atoms with Crippen LogP contribution in [0.2, 0.25) is 0 Å². The van der Waals surface area contributed by atoms with Crippen LogP contribution >= 0.6 is 43.5 Å². The molecule has 1 saturated carbocycles. The predicted octanol–water partition coefficient (Wildman–Crippen LogP) is 4.65. The van der Waals surface area contributed by atoms with Gasteiger partial charge in [-0.3, -0.25) is 0 Å². The molecule has 0 amide bonds. The summed E-state index contributed by atoms with van der Waals surface area (Å²) in [5.41, 5.74) is 1.14. The Bertz CT molecular complexity index is 436. The molecule has 1 spiro atoms. The summed E-state index contributed by atoms with van der Waals surface area (Å²) in [7, 11) is 1.72. The van der Waals surface area contributed by atoms with Gasteiger partial charge in [-0.25, -0.2) is 0 Å². The highest BCUT2D eigenvalue weighted by Gasteiger charge is 2.59. The molecule has 1 fully saturated rings. The molecule has 0 heterocycles. The molecule has 0 aliphatic heterocycles. The van der Waals surface area contributed by atoms with Crippen molar-refractivity contribution < 1.29 is 9.84 Å². The Balaban J connectivity index is 2.48. The van der Waals surface area contributed by atoms with Gasteiger partial charge in [0.2, 0.25) is 0 Å². The normalized spacial score (nSPS) is 46.5. The standard InChI is InChI=1S/C16H25Br2ClO2/c1-14(2)13(18)11(20)7-10(9-21-4)16(14)6-5-15(3,19)12(17)8-16/h7,11-13,20H,5-6,8-9H2,1-4H3/t11-,12-,13+,15-,16-/m0/s1. The molecule has 21 heavy (non-hydrogen) atoms. The fourth-order valence-corrected chi connectivity index (χ4v) is 5.55. The largest absolute Gasteiger partial charge is 0.388 e. The van der Waals surface area contributed by atoms with E-state index < -0.39 is 6.10 Å². The van der Waals surface area contributed by atoms with Crippen molar-refractivity contribution in [1.82, 2.24) is 0 Å². The lowest BCUT2D eigenvalue weighted by atomic mass is 9.50. The SMILES string of the molecule is COCC1=C[C@H](O)[C@@H](Br)C(C)(C)[C@]12CC[C@](C)(Cl)[C@@H](Br)C2. The second-order valence-electron chi connectivity index (χ2n) is 7.27. The molecule has 0 aromatic rings. The molecule has 0 aromatic carbocycles. The summed E-state index contributed by atoms with van der Waals surface area (Å²) in [5, 5.41) is 10.4. The molecule has 0 saturated heterocycles. The van der Waals surface area contributed by atoms with Gasteiger partial charge < -0.3 is 9.84 Å². The monoisotopic (exact) mass is 442 g/mol. The zero-order chi connectivity index (χ0) is 16.1. The lowest BCUT2D eigenvalue weighted by molar-refractivity contribution is 0.000556. The average Bonchev–Trinajstić information content (AvgIpc) is 2.39. The smallest absolute Gasteiger partial charge is 0.0855 e. The molecule has 5 atom stereocenters. The average molecular weight is 445 g/mol. The number of alkyl halides is 3. The van der Waals surface area contributed by atoms with Crippen LogP contribution in [0.3, 0.4) is 0 Å². The van der Waals surface area contributed by atoms with Crippen molar-refractivity contribution >= 4 is 43.5 Å². The zero-order valence-electron chi connectivity index (χ0n) is 13.1. The van der Waals surface area contributed by atoms with Crippen molar-refractivity contribution in [2.45, 2.75) is 60.7 Å². The second kappa shape index (κ2) is 6.08. The molecule has 0 aromatic heterocycles. The Labute approximate surface area is 149 Å². The first-order valence-corrected chi connectivity index (χ1v) is 9.65. The highest BCUT2D eigenvalue weighted by molar-refractivity contribution is 9.09. The minimum absolute atomic E-state index is 0.00102. The van der Waals surface area contributed by atoms with E-state index >= 15 is 0 Å². The number of methoxy groups -OCH3 is 1. The fourth-order valence-electron chi connectivity index (χ4n) is 4.01. The van der Waals surface area contributed by atoms with E-state index in [9.17, 15) is 5.11 Å². The van der Waals surface area contributed by atoms with Gasteiger partial charge in [-0.05, 0) is 37.2 Å². The summed E-state index contributed by atoms with van der Waals surface area (Å²) in [6, 6.07) is 0. The van der Waals surface area contributed by atoms with E-state index in [0.29, 0.717) is 6.61 Å². The van der Waals surface area contributed by atoms with E-state index in [1.54, 1.807) is 7.11 Å². The van der Waals surface area contributed by atoms with Gasteiger partial charge in [0.15, 0.2) is 0 Å². The summed E-state index contributed by atoms with van der Waals surface area (Å²) in [4.78, 5) is 0.0667. The zero-order valence-corrected chi connectivity index (χ0v) is 17.1. The molecule has 122 valence electrons. The molecule has 0 unspecified atom stereocenters. The maximum atomic E-state index is 10.4. The Kier molecular flexibility index (Phi) is 5.29. The number of ether oxygens (including phenoxy) is 1. The summed E-state index contributed by atoms with van der Waals surface area (Å²) < 4.78 is 5.43. The quantitative estimate of drug-likeness (QED) is 0.496. The van der Waals surface area contributed by atoms with Gasteiger partial charge >= 0.3 is 0 Å². The lowest BCUT2D eigenvalue weighted by Gasteiger charge is -2.59. The van der Waals surface area contributed by atoms with Crippen molar-refractivity contribution in [3.8, 4) is 0 Å². The van der Waals surface area contributed by atoms with Crippen molar-refractivity contribution in [3.63, 3.8) is 0 Å². The van der Waals surface area contributed by atoms with Gasteiger partial charge in [-0.15, -0.1) is 11.6 Å². The minimum atomic E-state index is -0.478. The molecule has 0 bridgehead atoms. The summed E-state index contributed by atoms with van der Waals surface area (Å²) in [6.07, 6.45) is 4.44. The maximum Gasteiger partial charge on any atom is 0.0855 e. The Morgan fingerprint density at radius 1 is 1.33 bits per heavy atom. The minimum Gasteiger partial charge on any atom is -0.388 e. The first-order valence-electron chi connectivity index (χ1n) is 7.44. The van der Waals surface area contributed by atoms with E-state index in [1.165, 1.54) is 5.57 Å². The molecule has 1 N–H and O–H groups in total. The van der Waals surface area contributed by atoms with Crippen LogP contribution < -0.4 is 0 Å². The van der Waals surface area contributed by atoms with Crippen LogP contribution in [0, 0.1) is 10.8 Å². The number of hydrogen-bond acceptors (Lipinski definition) is 2. The molecule has 2 aliphatic rings. The van der Waals surface area contributed by atoms with Gasteiger partial charge in [0, 0.05) is 17.4 Å². The van der Waals surface area contributed by atoms with Gasteiger partial charge in [0.05, 0.1) is 22.4 Å². The number of hydrogen-bond donors (Lipinski definition) is 1. The first-order chi connectivity index (χ1) is 9.58. The van der Waals surface area contributed by atoms with Gasteiger partial charge in [-0.2, -0.15) is 0 Å². The van der Waals surface area contributed by atoms with Crippen LogP contribution in [-0.4, -0.2) is 39.5 Å². The van der Waals surface area contributed by atoms with Crippen molar-refractivity contribution in [2.75, 3.05) is 13.7 Å². The van der Waals surface area contributed by atoms with Crippen LogP contribution in [0.4, 0.5) is 0 Å². The van der Waals surface area contributed by atoms with Crippen LogP contribution in [-0.2, 0) is 4.74 Å². The highest BCUT2D eigenvalue weighted by atomic mass is 79.9. The molecule has 5 heteroatoms. The summed E-state index contributed by atoms with van der Waals surface area (Å²) >= 11 is 14.2.